The third kappa shape index (κ3) is 3.70. The van der Waals surface area contributed by atoms with Crippen molar-refractivity contribution in [1.82, 2.24) is 5.32 Å². The number of nitrogens with zero attached hydrogens (tertiary/aromatic N) is 1. The average molecular weight is 264 g/mol. The minimum atomic E-state index is -0.284. The highest BCUT2D eigenvalue weighted by atomic mass is 16.5. The number of nitrogens with one attached hydrogen (secondary N) is 1. The van der Waals surface area contributed by atoms with Crippen molar-refractivity contribution in [2.24, 2.45) is 11.8 Å². The fraction of sp³-hybridized carbons (Fsp3) is 0.938. The van der Waals surface area contributed by atoms with Gasteiger partial charge in [-0.05, 0) is 51.0 Å². The highest BCUT2D eigenvalue weighted by Gasteiger charge is 2.41. The molecule has 1 N–H and O–H groups in total. The number of ether oxygens (including phenoxy) is 1. The Morgan fingerprint density at radius 3 is 2.68 bits per heavy atom. The van der Waals surface area contributed by atoms with E-state index in [4.69, 9.17) is 4.74 Å². The first kappa shape index (κ1) is 14.8. The molecule has 0 spiro atoms. The lowest BCUT2D eigenvalue weighted by Crippen LogP contribution is -2.45. The Bertz CT molecular complexity index is 306. The summed E-state index contributed by atoms with van der Waals surface area (Å²) < 4.78 is 5.88. The quantitative estimate of drug-likeness (QED) is 0.749. The molecule has 2 aliphatic rings. The lowest BCUT2D eigenvalue weighted by molar-refractivity contribution is 0.0715. The molecule has 2 saturated carbocycles. The molecule has 0 aromatic carbocycles. The van der Waals surface area contributed by atoms with Crippen LogP contribution in [0.25, 0.3) is 0 Å². The Morgan fingerprint density at radius 1 is 1.21 bits per heavy atom. The van der Waals surface area contributed by atoms with Crippen LogP contribution >= 0.6 is 0 Å². The van der Waals surface area contributed by atoms with Crippen LogP contribution in [0, 0.1) is 23.2 Å². The zero-order valence-electron chi connectivity index (χ0n) is 12.3. The first-order valence-electron chi connectivity index (χ1n) is 7.98. The molecule has 0 amide bonds. The van der Waals surface area contributed by atoms with E-state index < -0.39 is 0 Å². The van der Waals surface area contributed by atoms with Gasteiger partial charge in [0.05, 0.1) is 6.07 Å². The third-order valence-corrected chi connectivity index (χ3v) is 5.16. The van der Waals surface area contributed by atoms with Crippen LogP contribution in [0.1, 0.15) is 57.8 Å². The maximum Gasteiger partial charge on any atom is 0.109 e. The molecular formula is C16H28N2O. The first-order valence-corrected chi connectivity index (χ1v) is 7.98. The van der Waals surface area contributed by atoms with Crippen LogP contribution in [0.5, 0.6) is 0 Å². The van der Waals surface area contributed by atoms with Crippen LogP contribution in [0.2, 0.25) is 0 Å². The fourth-order valence-corrected chi connectivity index (χ4v) is 3.83. The van der Waals surface area contributed by atoms with Crippen molar-refractivity contribution < 1.29 is 4.74 Å². The van der Waals surface area contributed by atoms with Crippen molar-refractivity contribution in [2.45, 2.75) is 63.3 Å². The summed E-state index contributed by atoms with van der Waals surface area (Å²) in [5.41, 5.74) is -0.284. The SMILES string of the molecule is CNC1(C#N)CCCC1CCOCC1CCCCC1. The third-order valence-electron chi connectivity index (χ3n) is 5.16. The van der Waals surface area contributed by atoms with Gasteiger partial charge in [0.15, 0.2) is 0 Å². The molecule has 0 aliphatic heterocycles. The minimum absolute atomic E-state index is 0.284. The lowest BCUT2D eigenvalue weighted by atomic mass is 9.86. The van der Waals surface area contributed by atoms with E-state index in [0.717, 1.165) is 32.0 Å². The Labute approximate surface area is 117 Å². The number of hydrogen-bond donors (Lipinski definition) is 1. The van der Waals surface area contributed by atoms with Crippen LogP contribution in [0.15, 0.2) is 0 Å². The summed E-state index contributed by atoms with van der Waals surface area (Å²) in [6.07, 6.45) is 11.2. The van der Waals surface area contributed by atoms with Crippen molar-refractivity contribution in [1.29, 1.82) is 5.26 Å². The molecule has 2 fully saturated rings. The van der Waals surface area contributed by atoms with Crippen LogP contribution in [-0.4, -0.2) is 25.8 Å². The van der Waals surface area contributed by atoms with E-state index in [9.17, 15) is 5.26 Å². The molecule has 2 aliphatic carbocycles. The van der Waals surface area contributed by atoms with Gasteiger partial charge in [-0.15, -0.1) is 0 Å². The van der Waals surface area contributed by atoms with Gasteiger partial charge >= 0.3 is 0 Å². The summed E-state index contributed by atoms with van der Waals surface area (Å²) in [6.45, 7) is 1.76. The van der Waals surface area contributed by atoms with Crippen LogP contribution < -0.4 is 5.32 Å². The van der Waals surface area contributed by atoms with E-state index in [1.807, 2.05) is 7.05 Å². The van der Waals surface area contributed by atoms with Gasteiger partial charge < -0.3 is 10.1 Å². The normalized spacial score (nSPS) is 32.3. The highest BCUT2D eigenvalue weighted by molar-refractivity contribution is 5.13. The molecule has 3 nitrogen and oxygen atoms in total. The smallest absolute Gasteiger partial charge is 0.109 e. The first-order chi connectivity index (χ1) is 9.30. The molecule has 3 heteroatoms. The predicted molar refractivity (Wildman–Crippen MR) is 76.8 cm³/mol. The van der Waals surface area contributed by atoms with Crippen LogP contribution in [-0.2, 0) is 4.74 Å². The zero-order chi connectivity index (χ0) is 13.6. The van der Waals surface area contributed by atoms with E-state index in [1.54, 1.807) is 0 Å². The van der Waals surface area contributed by atoms with E-state index in [-0.39, 0.29) is 5.54 Å². The average Bonchev–Trinajstić information content (AvgIpc) is 2.88. The lowest BCUT2D eigenvalue weighted by Gasteiger charge is -2.28. The predicted octanol–water partition coefficient (Wildman–Crippen LogP) is 3.26. The van der Waals surface area contributed by atoms with Crippen molar-refractivity contribution in [3.8, 4) is 6.07 Å². The second-order valence-electron chi connectivity index (χ2n) is 6.29. The van der Waals surface area contributed by atoms with E-state index in [2.05, 4.69) is 11.4 Å². The van der Waals surface area contributed by atoms with Crippen molar-refractivity contribution >= 4 is 0 Å². The summed E-state index contributed by atoms with van der Waals surface area (Å²) in [5, 5.41) is 12.6. The molecule has 2 rings (SSSR count). The van der Waals surface area contributed by atoms with Gasteiger partial charge in [-0.25, -0.2) is 0 Å². The monoisotopic (exact) mass is 264 g/mol. The van der Waals surface area contributed by atoms with Crippen molar-refractivity contribution in [2.75, 3.05) is 20.3 Å². The maximum absolute atomic E-state index is 9.39. The van der Waals surface area contributed by atoms with Gasteiger partial charge in [-0.1, -0.05) is 25.7 Å². The molecule has 2 unspecified atom stereocenters. The second kappa shape index (κ2) is 7.26. The maximum atomic E-state index is 9.39. The molecule has 19 heavy (non-hydrogen) atoms. The molecule has 0 radical (unpaired) electrons. The Balaban J connectivity index is 1.66. The summed E-state index contributed by atoms with van der Waals surface area (Å²) in [6, 6.07) is 2.50. The molecule has 0 aromatic heterocycles. The number of hydrogen-bond acceptors (Lipinski definition) is 3. The van der Waals surface area contributed by atoms with Gasteiger partial charge in [0, 0.05) is 13.2 Å². The molecule has 108 valence electrons. The van der Waals surface area contributed by atoms with Crippen molar-refractivity contribution in [3.63, 3.8) is 0 Å². The van der Waals surface area contributed by atoms with E-state index >= 15 is 0 Å². The summed E-state index contributed by atoms with van der Waals surface area (Å²) >= 11 is 0. The van der Waals surface area contributed by atoms with Gasteiger partial charge in [-0.3, -0.25) is 0 Å². The van der Waals surface area contributed by atoms with Gasteiger partial charge in [0.1, 0.15) is 5.54 Å². The zero-order valence-corrected chi connectivity index (χ0v) is 12.3. The molecule has 2 atom stereocenters. The molecule has 0 bridgehead atoms. The van der Waals surface area contributed by atoms with Crippen LogP contribution in [0.3, 0.4) is 0 Å². The standard InChI is InChI=1S/C16H28N2O/c1-18-16(13-17)10-5-8-15(16)9-11-19-12-14-6-3-2-4-7-14/h14-15,18H,2-12H2,1H3. The Hall–Kier alpha value is -0.590. The van der Waals surface area contributed by atoms with Crippen molar-refractivity contribution in [3.05, 3.63) is 0 Å². The van der Waals surface area contributed by atoms with Gasteiger partial charge in [-0.2, -0.15) is 5.26 Å². The Kier molecular flexibility index (Phi) is 5.66. The number of nitriles is 1. The molecular weight excluding hydrogens is 236 g/mol. The van der Waals surface area contributed by atoms with E-state index in [0.29, 0.717) is 5.92 Å². The number of rotatable bonds is 6. The summed E-state index contributed by atoms with van der Waals surface area (Å²) in [5.74, 6) is 1.26. The van der Waals surface area contributed by atoms with Crippen LogP contribution in [0.4, 0.5) is 0 Å². The molecule has 0 heterocycles. The molecule has 0 aromatic rings. The minimum Gasteiger partial charge on any atom is -0.381 e. The fourth-order valence-electron chi connectivity index (χ4n) is 3.83. The largest absolute Gasteiger partial charge is 0.381 e. The topological polar surface area (TPSA) is 45.0 Å². The highest BCUT2D eigenvalue weighted by Crippen LogP contribution is 2.37. The summed E-state index contributed by atoms with van der Waals surface area (Å²) in [7, 11) is 1.92. The van der Waals surface area contributed by atoms with Gasteiger partial charge in [0.2, 0.25) is 0 Å². The van der Waals surface area contributed by atoms with E-state index in [1.165, 1.54) is 44.9 Å². The Morgan fingerprint density at radius 2 is 2.00 bits per heavy atom. The summed E-state index contributed by atoms with van der Waals surface area (Å²) in [4.78, 5) is 0. The molecule has 0 saturated heterocycles. The van der Waals surface area contributed by atoms with Gasteiger partial charge in [0.25, 0.3) is 0 Å². The second-order valence-corrected chi connectivity index (χ2v) is 6.29.